The molecule has 0 N–H and O–H groups in total. The fraction of sp³-hybridized carbons (Fsp3) is 0.292. The van der Waals surface area contributed by atoms with Crippen LogP contribution in [-0.2, 0) is 14.3 Å². The number of carbonyl (C=O) groups is 2. The number of ether oxygens (including phenoxy) is 1. The minimum absolute atomic E-state index is 0.0520. The van der Waals surface area contributed by atoms with Crippen LogP contribution in [0.2, 0.25) is 10.0 Å². The smallest absolute Gasteiger partial charge is 0.271 e. The number of amides is 2. The number of benzene rings is 1. The molecule has 8 heteroatoms. The van der Waals surface area contributed by atoms with Crippen molar-refractivity contribution in [2.45, 2.75) is 33.3 Å². The Morgan fingerprint density at radius 1 is 1.19 bits per heavy atom. The van der Waals surface area contributed by atoms with E-state index in [2.05, 4.69) is 0 Å². The molecule has 0 fully saturated rings. The molecule has 2 amide bonds. The first-order valence-electron chi connectivity index (χ1n) is 10.1. The zero-order valence-corrected chi connectivity index (χ0v) is 19.5. The molecule has 0 aliphatic carbocycles. The van der Waals surface area contributed by atoms with Crippen LogP contribution in [0.3, 0.4) is 0 Å². The maximum absolute atomic E-state index is 13.1. The number of halogens is 2. The summed E-state index contributed by atoms with van der Waals surface area (Å²) < 4.78 is 11.3. The number of rotatable bonds is 7. The fourth-order valence-corrected chi connectivity index (χ4v) is 3.66. The van der Waals surface area contributed by atoms with Crippen LogP contribution in [0.25, 0.3) is 17.4 Å². The third kappa shape index (κ3) is 5.13. The van der Waals surface area contributed by atoms with E-state index in [9.17, 15) is 14.9 Å². The third-order valence-corrected chi connectivity index (χ3v) is 5.47. The van der Waals surface area contributed by atoms with E-state index < -0.39 is 11.8 Å². The molecule has 1 aromatic heterocycles. The van der Waals surface area contributed by atoms with Crippen molar-refractivity contribution in [1.29, 1.82) is 5.26 Å². The normalized spacial score (nSPS) is 15.8. The van der Waals surface area contributed by atoms with Crippen LogP contribution >= 0.6 is 23.2 Å². The van der Waals surface area contributed by atoms with E-state index in [1.54, 1.807) is 37.3 Å². The van der Waals surface area contributed by atoms with Gasteiger partial charge >= 0.3 is 0 Å². The van der Waals surface area contributed by atoms with E-state index in [4.69, 9.17) is 32.4 Å². The lowest BCUT2D eigenvalue weighted by Crippen LogP contribution is -2.43. The molecule has 1 aromatic carbocycles. The highest BCUT2D eigenvalue weighted by molar-refractivity contribution is 6.35. The Hall–Kier alpha value is -2.85. The topological polar surface area (TPSA) is 83.5 Å². The Labute approximate surface area is 196 Å². The molecule has 0 radical (unpaired) electrons. The molecular formula is C24H22Cl2N2O4. The van der Waals surface area contributed by atoms with Crippen LogP contribution in [0.4, 0.5) is 0 Å². The van der Waals surface area contributed by atoms with E-state index in [1.807, 2.05) is 19.9 Å². The van der Waals surface area contributed by atoms with Crippen LogP contribution < -0.4 is 0 Å². The Morgan fingerprint density at radius 2 is 1.94 bits per heavy atom. The summed E-state index contributed by atoms with van der Waals surface area (Å²) in [6.45, 7) is 5.96. The summed E-state index contributed by atoms with van der Waals surface area (Å²) in [6, 6.07) is 10.4. The zero-order chi connectivity index (χ0) is 23.4. The Balaban J connectivity index is 1.92. The summed E-state index contributed by atoms with van der Waals surface area (Å²) in [5.74, 6) is -0.209. The van der Waals surface area contributed by atoms with Crippen LogP contribution in [0, 0.1) is 11.3 Å². The van der Waals surface area contributed by atoms with Crippen molar-refractivity contribution in [2.75, 3.05) is 13.2 Å². The molecule has 0 saturated heterocycles. The standard InChI is InChI=1S/C24H22Cl2N2O4/c1-14(2)31-10-4-9-28-23(29)18(15(3)20(13-27)24(28)30)12-17-6-8-22(32-17)19-11-16(25)5-7-21(19)26/h5-8,11-12,14H,4,9-10H2,1-3H3/b18-12+. The lowest BCUT2D eigenvalue weighted by atomic mass is 9.94. The van der Waals surface area contributed by atoms with Crippen molar-refractivity contribution in [3.63, 3.8) is 0 Å². The first kappa shape index (κ1) is 23.8. The predicted molar refractivity (Wildman–Crippen MR) is 123 cm³/mol. The van der Waals surface area contributed by atoms with E-state index >= 15 is 0 Å². The highest BCUT2D eigenvalue weighted by Gasteiger charge is 2.35. The first-order valence-corrected chi connectivity index (χ1v) is 10.8. The van der Waals surface area contributed by atoms with Crippen LogP contribution in [0.1, 0.15) is 33.0 Å². The molecule has 2 aromatic rings. The third-order valence-electron chi connectivity index (χ3n) is 4.91. The van der Waals surface area contributed by atoms with Crippen molar-refractivity contribution in [2.24, 2.45) is 0 Å². The van der Waals surface area contributed by atoms with E-state index in [0.29, 0.717) is 45.7 Å². The summed E-state index contributed by atoms with van der Waals surface area (Å²) in [5.41, 5.74) is 1.09. The van der Waals surface area contributed by atoms with Gasteiger partial charge in [0.1, 0.15) is 23.2 Å². The maximum Gasteiger partial charge on any atom is 0.271 e. The number of nitrogens with zero attached hydrogens (tertiary/aromatic N) is 2. The van der Waals surface area contributed by atoms with Crippen molar-refractivity contribution < 1.29 is 18.7 Å². The summed E-state index contributed by atoms with van der Waals surface area (Å²) in [4.78, 5) is 26.8. The summed E-state index contributed by atoms with van der Waals surface area (Å²) in [6.07, 6.45) is 2.05. The number of nitriles is 1. The zero-order valence-electron chi connectivity index (χ0n) is 17.9. The second-order valence-electron chi connectivity index (χ2n) is 7.53. The van der Waals surface area contributed by atoms with Gasteiger partial charge in [0, 0.05) is 29.3 Å². The fourth-order valence-electron chi connectivity index (χ4n) is 3.28. The van der Waals surface area contributed by atoms with Crippen LogP contribution in [0.5, 0.6) is 0 Å². The van der Waals surface area contributed by atoms with Crippen molar-refractivity contribution in [1.82, 2.24) is 4.90 Å². The molecule has 6 nitrogen and oxygen atoms in total. The average molecular weight is 473 g/mol. The van der Waals surface area contributed by atoms with Gasteiger partial charge in [-0.15, -0.1) is 0 Å². The quantitative estimate of drug-likeness (QED) is 0.294. The molecular weight excluding hydrogens is 451 g/mol. The second kappa shape index (κ2) is 10.2. The number of furan rings is 1. The largest absolute Gasteiger partial charge is 0.457 e. The number of imide groups is 1. The molecule has 0 atom stereocenters. The van der Waals surface area contributed by atoms with Crippen molar-refractivity contribution in [3.05, 3.63) is 62.9 Å². The first-order chi connectivity index (χ1) is 15.2. The highest BCUT2D eigenvalue weighted by atomic mass is 35.5. The van der Waals surface area contributed by atoms with Gasteiger partial charge in [0.05, 0.1) is 11.1 Å². The molecule has 166 valence electrons. The molecule has 0 bridgehead atoms. The van der Waals surface area contributed by atoms with Gasteiger partial charge in [-0.05, 0) is 69.2 Å². The Morgan fingerprint density at radius 3 is 2.62 bits per heavy atom. The minimum atomic E-state index is -0.595. The summed E-state index contributed by atoms with van der Waals surface area (Å²) in [7, 11) is 0. The summed E-state index contributed by atoms with van der Waals surface area (Å²) in [5, 5.41) is 10.5. The monoisotopic (exact) mass is 472 g/mol. The summed E-state index contributed by atoms with van der Waals surface area (Å²) >= 11 is 12.3. The number of hydrogen-bond donors (Lipinski definition) is 0. The van der Waals surface area contributed by atoms with Gasteiger partial charge in [0.25, 0.3) is 11.8 Å². The van der Waals surface area contributed by atoms with Gasteiger partial charge < -0.3 is 9.15 Å². The molecule has 1 aliphatic heterocycles. The molecule has 1 aliphatic rings. The predicted octanol–water partition coefficient (Wildman–Crippen LogP) is 5.66. The van der Waals surface area contributed by atoms with Gasteiger partial charge in [0.15, 0.2) is 0 Å². The van der Waals surface area contributed by atoms with Crippen molar-refractivity contribution in [3.8, 4) is 17.4 Å². The highest BCUT2D eigenvalue weighted by Crippen LogP contribution is 2.33. The van der Waals surface area contributed by atoms with Crippen molar-refractivity contribution >= 4 is 41.1 Å². The lowest BCUT2D eigenvalue weighted by Gasteiger charge is -2.27. The Bertz CT molecular complexity index is 1150. The number of carbonyl (C=O) groups excluding carboxylic acids is 2. The van der Waals surface area contributed by atoms with Crippen LogP contribution in [-0.4, -0.2) is 36.0 Å². The van der Waals surface area contributed by atoms with Crippen LogP contribution in [0.15, 0.2) is 51.5 Å². The average Bonchev–Trinajstić information content (AvgIpc) is 3.21. The molecule has 0 unspecified atom stereocenters. The molecule has 0 saturated carbocycles. The number of hydrogen-bond acceptors (Lipinski definition) is 5. The molecule has 32 heavy (non-hydrogen) atoms. The van der Waals surface area contributed by atoms with E-state index in [-0.39, 0.29) is 23.8 Å². The molecule has 0 spiro atoms. The van der Waals surface area contributed by atoms with Gasteiger partial charge in [-0.3, -0.25) is 14.5 Å². The van der Waals surface area contributed by atoms with E-state index in [1.165, 1.54) is 6.08 Å². The van der Waals surface area contributed by atoms with Gasteiger partial charge in [-0.25, -0.2) is 0 Å². The van der Waals surface area contributed by atoms with Gasteiger partial charge in [-0.2, -0.15) is 5.26 Å². The Kier molecular flexibility index (Phi) is 7.57. The second-order valence-corrected chi connectivity index (χ2v) is 8.37. The SMILES string of the molecule is CC1=C(C#N)C(=O)N(CCCOC(C)C)C(=O)/C1=C/c1ccc(-c2cc(Cl)ccc2Cl)o1. The maximum atomic E-state index is 13.1. The lowest BCUT2D eigenvalue weighted by molar-refractivity contribution is -0.140. The van der Waals surface area contributed by atoms with E-state index in [0.717, 1.165) is 4.90 Å². The molecule has 3 rings (SSSR count). The molecule has 2 heterocycles. The van der Waals surface area contributed by atoms with Gasteiger partial charge in [0.2, 0.25) is 0 Å². The minimum Gasteiger partial charge on any atom is -0.457 e. The van der Waals surface area contributed by atoms with Gasteiger partial charge in [-0.1, -0.05) is 23.2 Å².